The molecule has 0 aromatic heterocycles. The van der Waals surface area contributed by atoms with Crippen molar-refractivity contribution in [3.63, 3.8) is 0 Å². The van der Waals surface area contributed by atoms with Gasteiger partial charge in [-0.25, -0.2) is 13.6 Å². The summed E-state index contributed by atoms with van der Waals surface area (Å²) < 4.78 is 45.2. The zero-order chi connectivity index (χ0) is 21.4. The topological polar surface area (TPSA) is 73.9 Å². The van der Waals surface area contributed by atoms with Crippen LogP contribution in [0.1, 0.15) is 51.7 Å². The molecule has 1 unspecified atom stereocenters. The molecule has 160 valence electrons. The van der Waals surface area contributed by atoms with Gasteiger partial charge in [-0.2, -0.15) is 0 Å². The maximum atomic E-state index is 14.9. The molecule has 0 aliphatic heterocycles. The number of alkyl carbamates (subject to hydrolysis) is 1. The minimum Gasteiger partial charge on any atom is -0.488 e. The lowest BCUT2D eigenvalue weighted by atomic mass is 10.1. The van der Waals surface area contributed by atoms with Gasteiger partial charge in [-0.1, -0.05) is 0 Å². The number of benzene rings is 1. The van der Waals surface area contributed by atoms with E-state index in [1.165, 1.54) is 0 Å². The van der Waals surface area contributed by atoms with Crippen molar-refractivity contribution in [2.45, 2.75) is 64.5 Å². The number of hydrogen-bond donors (Lipinski definition) is 1. The molecule has 0 radical (unpaired) electrons. The van der Waals surface area contributed by atoms with Crippen molar-refractivity contribution in [1.82, 2.24) is 5.32 Å². The molecule has 0 heterocycles. The summed E-state index contributed by atoms with van der Waals surface area (Å²) in [4.78, 5) is 23.9. The van der Waals surface area contributed by atoms with Gasteiger partial charge in [0, 0.05) is 6.07 Å². The van der Waals surface area contributed by atoms with E-state index in [2.05, 4.69) is 5.32 Å². The molecular formula is C21H27F2NO5. The van der Waals surface area contributed by atoms with Crippen LogP contribution in [0.4, 0.5) is 13.6 Å². The Morgan fingerprint density at radius 3 is 2.45 bits per heavy atom. The minimum absolute atomic E-state index is 0.00267. The molecule has 1 saturated carbocycles. The lowest BCUT2D eigenvalue weighted by Crippen LogP contribution is -2.44. The number of fused-ring (bicyclic) bond motifs is 1. The van der Waals surface area contributed by atoms with E-state index < -0.39 is 40.8 Å². The number of hydrogen-bond acceptors (Lipinski definition) is 5. The molecule has 1 aromatic carbocycles. The Morgan fingerprint density at radius 1 is 1.21 bits per heavy atom. The summed E-state index contributed by atoms with van der Waals surface area (Å²) in [6.45, 7) is 7.19. The fourth-order valence-corrected chi connectivity index (χ4v) is 3.41. The van der Waals surface area contributed by atoms with Gasteiger partial charge in [0.25, 0.3) is 0 Å². The van der Waals surface area contributed by atoms with Crippen LogP contribution in [0.3, 0.4) is 0 Å². The van der Waals surface area contributed by atoms with E-state index in [0.29, 0.717) is 12.8 Å². The molecule has 29 heavy (non-hydrogen) atoms. The van der Waals surface area contributed by atoms with Crippen LogP contribution in [0.2, 0.25) is 0 Å². The number of amides is 1. The molecule has 1 aromatic rings. The predicted molar refractivity (Wildman–Crippen MR) is 101 cm³/mol. The highest BCUT2D eigenvalue weighted by Crippen LogP contribution is 2.39. The molecule has 8 heteroatoms. The molecular weight excluding hydrogens is 384 g/mol. The van der Waals surface area contributed by atoms with Crippen molar-refractivity contribution in [3.8, 4) is 5.75 Å². The highest BCUT2D eigenvalue weighted by molar-refractivity contribution is 5.74. The van der Waals surface area contributed by atoms with E-state index >= 15 is 0 Å². The Morgan fingerprint density at radius 2 is 1.86 bits per heavy atom. The third-order valence-electron chi connectivity index (χ3n) is 5.04. The molecule has 2 aliphatic carbocycles. The Bertz CT molecular complexity index is 814. The first kappa shape index (κ1) is 21.3. The summed E-state index contributed by atoms with van der Waals surface area (Å²) in [5.74, 6) is -2.53. The molecule has 2 aliphatic rings. The van der Waals surface area contributed by atoms with Crippen LogP contribution in [-0.4, -0.2) is 36.4 Å². The highest BCUT2D eigenvalue weighted by atomic mass is 19.1. The smallest absolute Gasteiger partial charge is 0.408 e. The van der Waals surface area contributed by atoms with Crippen LogP contribution in [0.15, 0.2) is 6.07 Å². The van der Waals surface area contributed by atoms with Gasteiger partial charge in [0.05, 0.1) is 18.1 Å². The summed E-state index contributed by atoms with van der Waals surface area (Å²) >= 11 is 0. The zero-order valence-electron chi connectivity index (χ0n) is 17.2. The third-order valence-corrected chi connectivity index (χ3v) is 5.04. The largest absolute Gasteiger partial charge is 0.488 e. The van der Waals surface area contributed by atoms with Crippen LogP contribution in [0.5, 0.6) is 5.75 Å². The van der Waals surface area contributed by atoms with E-state index in [-0.39, 0.29) is 42.9 Å². The highest BCUT2D eigenvalue weighted by Gasteiger charge is 2.46. The SMILES string of the molecule is CCOC(=O)C1Cc2c(F)cc(OCC3(NC(=O)OC(C)(C)C)CC3)c(F)c2C1. The zero-order valence-corrected chi connectivity index (χ0v) is 17.2. The van der Waals surface area contributed by atoms with Crippen LogP contribution in [0, 0.1) is 17.6 Å². The third kappa shape index (κ3) is 4.97. The van der Waals surface area contributed by atoms with Gasteiger partial charge in [-0.3, -0.25) is 4.79 Å². The van der Waals surface area contributed by atoms with Crippen LogP contribution < -0.4 is 10.1 Å². The normalized spacial score (nSPS) is 19.3. The maximum Gasteiger partial charge on any atom is 0.408 e. The van der Waals surface area contributed by atoms with Gasteiger partial charge < -0.3 is 19.5 Å². The first-order chi connectivity index (χ1) is 13.5. The van der Waals surface area contributed by atoms with Crippen LogP contribution in [0.25, 0.3) is 0 Å². The average Bonchev–Trinajstić information content (AvgIpc) is 3.19. The lowest BCUT2D eigenvalue weighted by molar-refractivity contribution is -0.147. The number of carbonyl (C=O) groups excluding carboxylic acids is 2. The number of ether oxygens (including phenoxy) is 3. The van der Waals surface area contributed by atoms with Crippen LogP contribution >= 0.6 is 0 Å². The summed E-state index contributed by atoms with van der Waals surface area (Å²) in [5, 5.41) is 2.75. The quantitative estimate of drug-likeness (QED) is 0.723. The van der Waals surface area contributed by atoms with E-state index in [4.69, 9.17) is 14.2 Å². The Kier molecular flexibility index (Phi) is 5.74. The first-order valence-corrected chi connectivity index (χ1v) is 9.84. The maximum absolute atomic E-state index is 14.9. The fraction of sp³-hybridized carbons (Fsp3) is 0.619. The second-order valence-electron chi connectivity index (χ2n) is 8.68. The molecule has 1 amide bonds. The Balaban J connectivity index is 1.66. The first-order valence-electron chi connectivity index (χ1n) is 9.84. The van der Waals surface area contributed by atoms with Gasteiger partial charge in [-0.15, -0.1) is 0 Å². The predicted octanol–water partition coefficient (Wildman–Crippen LogP) is 3.68. The van der Waals surface area contributed by atoms with Crippen molar-refractivity contribution in [2.75, 3.05) is 13.2 Å². The van der Waals surface area contributed by atoms with Gasteiger partial charge in [0.15, 0.2) is 11.6 Å². The molecule has 3 rings (SSSR count). The number of rotatable bonds is 6. The molecule has 1 N–H and O–H groups in total. The molecule has 0 bridgehead atoms. The van der Waals surface area contributed by atoms with Gasteiger partial charge >= 0.3 is 12.1 Å². The summed E-state index contributed by atoms with van der Waals surface area (Å²) in [7, 11) is 0. The number of esters is 1. The summed E-state index contributed by atoms with van der Waals surface area (Å²) in [5.41, 5.74) is -0.924. The standard InChI is InChI=1S/C21H27F2NO5/c1-5-27-18(25)12-8-13-14(9-12)17(23)16(10-15(13)22)28-11-21(6-7-21)24-19(26)29-20(2,3)4/h10,12H,5-9,11H2,1-4H3,(H,24,26). The number of halogens is 2. The monoisotopic (exact) mass is 411 g/mol. The Labute approximate surface area is 168 Å². The van der Waals surface area contributed by atoms with E-state index in [0.717, 1.165) is 6.07 Å². The van der Waals surface area contributed by atoms with Crippen molar-refractivity contribution < 1.29 is 32.6 Å². The minimum atomic E-state index is -0.665. The van der Waals surface area contributed by atoms with Crippen molar-refractivity contribution in [2.24, 2.45) is 5.92 Å². The summed E-state index contributed by atoms with van der Waals surface area (Å²) in [6, 6.07) is 1.01. The molecule has 1 fully saturated rings. The second-order valence-corrected chi connectivity index (χ2v) is 8.68. The van der Waals surface area contributed by atoms with E-state index in [1.807, 2.05) is 0 Å². The van der Waals surface area contributed by atoms with Crippen molar-refractivity contribution >= 4 is 12.1 Å². The fourth-order valence-electron chi connectivity index (χ4n) is 3.41. The van der Waals surface area contributed by atoms with Crippen molar-refractivity contribution in [3.05, 3.63) is 28.8 Å². The van der Waals surface area contributed by atoms with E-state index in [1.54, 1.807) is 27.7 Å². The van der Waals surface area contributed by atoms with Crippen molar-refractivity contribution in [1.29, 1.82) is 0 Å². The Hall–Kier alpha value is -2.38. The number of carbonyl (C=O) groups is 2. The molecule has 6 nitrogen and oxygen atoms in total. The van der Waals surface area contributed by atoms with E-state index in [9.17, 15) is 18.4 Å². The second kappa shape index (κ2) is 7.80. The van der Waals surface area contributed by atoms with Crippen LogP contribution in [-0.2, 0) is 27.1 Å². The van der Waals surface area contributed by atoms with Gasteiger partial charge in [0.1, 0.15) is 18.0 Å². The summed E-state index contributed by atoms with van der Waals surface area (Å²) in [6.07, 6.45) is 0.936. The molecule has 0 saturated heterocycles. The lowest BCUT2D eigenvalue weighted by Gasteiger charge is -2.23. The van der Waals surface area contributed by atoms with Gasteiger partial charge in [0.2, 0.25) is 0 Å². The molecule has 1 atom stereocenters. The number of nitrogens with one attached hydrogen (secondary N) is 1. The molecule has 0 spiro atoms. The van der Waals surface area contributed by atoms with Gasteiger partial charge in [-0.05, 0) is 64.5 Å². The average molecular weight is 411 g/mol.